The summed E-state index contributed by atoms with van der Waals surface area (Å²) in [6, 6.07) is 15.9. The fraction of sp³-hybridized carbons (Fsp3) is 0.238. The second-order valence-electron chi connectivity index (χ2n) is 6.46. The van der Waals surface area contributed by atoms with Crippen molar-refractivity contribution >= 4 is 29.1 Å². The van der Waals surface area contributed by atoms with Crippen molar-refractivity contribution in [3.05, 3.63) is 70.4 Å². The zero-order chi connectivity index (χ0) is 19.4. The van der Waals surface area contributed by atoms with Crippen molar-refractivity contribution in [2.75, 3.05) is 24.4 Å². The van der Waals surface area contributed by atoms with Crippen molar-refractivity contribution in [3.8, 4) is 5.75 Å². The molecule has 0 fully saturated rings. The topological polar surface area (TPSA) is 50.3 Å². The predicted octanol–water partition coefficient (Wildman–Crippen LogP) is 5.14. The molecule has 140 valence electrons. The number of nitrogens with one attached hydrogen (secondary N) is 1. The predicted molar refractivity (Wildman–Crippen MR) is 111 cm³/mol. The highest BCUT2D eigenvalue weighted by molar-refractivity contribution is 6.31. The summed E-state index contributed by atoms with van der Waals surface area (Å²) >= 11 is 6.20. The number of ether oxygens (including phenoxy) is 1. The largest absolute Gasteiger partial charge is 0.495 e. The van der Waals surface area contributed by atoms with Crippen LogP contribution in [0.1, 0.15) is 16.8 Å². The summed E-state index contributed by atoms with van der Waals surface area (Å²) in [5.74, 6) is 2.03. The number of benzene rings is 2. The van der Waals surface area contributed by atoms with Gasteiger partial charge in [0.15, 0.2) is 0 Å². The van der Waals surface area contributed by atoms with Crippen LogP contribution in [0.2, 0.25) is 5.02 Å². The minimum absolute atomic E-state index is 0.658. The Balaban J connectivity index is 1.86. The van der Waals surface area contributed by atoms with Crippen molar-refractivity contribution in [2.24, 2.45) is 0 Å². The average Bonchev–Trinajstić information content (AvgIpc) is 2.65. The van der Waals surface area contributed by atoms with Gasteiger partial charge in [-0.2, -0.15) is 4.98 Å². The molecule has 0 saturated heterocycles. The maximum atomic E-state index is 6.20. The molecule has 0 aliphatic heterocycles. The van der Waals surface area contributed by atoms with Crippen molar-refractivity contribution in [3.63, 3.8) is 0 Å². The van der Waals surface area contributed by atoms with Crippen LogP contribution in [0.15, 0.2) is 48.5 Å². The fourth-order valence-electron chi connectivity index (χ4n) is 2.78. The quantitative estimate of drug-likeness (QED) is 0.640. The van der Waals surface area contributed by atoms with E-state index in [4.69, 9.17) is 16.3 Å². The van der Waals surface area contributed by atoms with Crippen LogP contribution in [0.4, 0.5) is 17.5 Å². The van der Waals surface area contributed by atoms with E-state index in [1.54, 1.807) is 13.2 Å². The number of nitrogens with zero attached hydrogens (tertiary/aromatic N) is 3. The Bertz CT molecular complexity index is 931. The molecule has 0 unspecified atom stereocenters. The van der Waals surface area contributed by atoms with E-state index in [2.05, 4.69) is 27.4 Å². The molecule has 0 atom stereocenters. The lowest BCUT2D eigenvalue weighted by Gasteiger charge is -2.19. The molecule has 0 aliphatic carbocycles. The Morgan fingerprint density at radius 3 is 2.52 bits per heavy atom. The van der Waals surface area contributed by atoms with Crippen LogP contribution in [0.25, 0.3) is 0 Å². The number of aromatic nitrogens is 2. The maximum absolute atomic E-state index is 6.20. The molecule has 27 heavy (non-hydrogen) atoms. The molecule has 0 radical (unpaired) electrons. The highest BCUT2D eigenvalue weighted by atomic mass is 35.5. The first kappa shape index (κ1) is 19.0. The first-order valence-electron chi connectivity index (χ1n) is 8.68. The first-order valence-corrected chi connectivity index (χ1v) is 9.06. The zero-order valence-corrected chi connectivity index (χ0v) is 16.7. The highest BCUT2D eigenvalue weighted by Crippen LogP contribution is 2.33. The minimum Gasteiger partial charge on any atom is -0.495 e. The highest BCUT2D eigenvalue weighted by Gasteiger charge is 2.11. The molecule has 3 aromatic rings. The zero-order valence-electron chi connectivity index (χ0n) is 16.0. The number of rotatable bonds is 6. The Morgan fingerprint density at radius 2 is 1.81 bits per heavy atom. The van der Waals surface area contributed by atoms with Crippen molar-refractivity contribution in [2.45, 2.75) is 20.4 Å². The van der Waals surface area contributed by atoms with E-state index in [1.165, 1.54) is 5.56 Å². The van der Waals surface area contributed by atoms with E-state index < -0.39 is 0 Å². The molecule has 0 spiro atoms. The van der Waals surface area contributed by atoms with Gasteiger partial charge in [0.2, 0.25) is 5.95 Å². The van der Waals surface area contributed by atoms with Gasteiger partial charge in [0.25, 0.3) is 0 Å². The van der Waals surface area contributed by atoms with E-state index in [9.17, 15) is 0 Å². The third kappa shape index (κ3) is 4.68. The van der Waals surface area contributed by atoms with Gasteiger partial charge >= 0.3 is 0 Å². The lowest BCUT2D eigenvalue weighted by atomic mass is 10.2. The number of halogens is 1. The van der Waals surface area contributed by atoms with Gasteiger partial charge < -0.3 is 15.0 Å². The molecular formula is C21H23ClN4O. The first-order chi connectivity index (χ1) is 13.0. The number of hydrogen-bond donors (Lipinski definition) is 1. The maximum Gasteiger partial charge on any atom is 0.227 e. The Labute approximate surface area is 165 Å². The normalized spacial score (nSPS) is 10.6. The van der Waals surface area contributed by atoms with Gasteiger partial charge in [-0.05, 0) is 31.0 Å². The number of hydrogen-bond acceptors (Lipinski definition) is 5. The van der Waals surface area contributed by atoms with Crippen molar-refractivity contribution in [1.29, 1.82) is 0 Å². The summed E-state index contributed by atoms with van der Waals surface area (Å²) < 4.78 is 5.44. The second kappa shape index (κ2) is 8.27. The van der Waals surface area contributed by atoms with E-state index in [-0.39, 0.29) is 0 Å². The summed E-state index contributed by atoms with van der Waals surface area (Å²) in [6.07, 6.45) is 0. The smallest absolute Gasteiger partial charge is 0.227 e. The van der Waals surface area contributed by atoms with E-state index in [0.29, 0.717) is 22.5 Å². The van der Waals surface area contributed by atoms with Gasteiger partial charge in [0.1, 0.15) is 11.6 Å². The van der Waals surface area contributed by atoms with Gasteiger partial charge in [-0.15, -0.1) is 0 Å². The van der Waals surface area contributed by atoms with Crippen LogP contribution in [0.5, 0.6) is 5.75 Å². The molecule has 3 rings (SSSR count). The molecule has 1 N–H and O–H groups in total. The van der Waals surface area contributed by atoms with Crippen LogP contribution in [0, 0.1) is 13.8 Å². The summed E-state index contributed by atoms with van der Waals surface area (Å²) in [6.45, 7) is 4.64. The Hall–Kier alpha value is -2.79. The molecule has 1 aromatic heterocycles. The van der Waals surface area contributed by atoms with Crippen LogP contribution < -0.4 is 15.0 Å². The minimum atomic E-state index is 0.658. The van der Waals surface area contributed by atoms with E-state index >= 15 is 0 Å². The molecule has 0 amide bonds. The molecule has 6 heteroatoms. The molecular weight excluding hydrogens is 360 g/mol. The van der Waals surface area contributed by atoms with Gasteiger partial charge in [-0.1, -0.05) is 41.9 Å². The van der Waals surface area contributed by atoms with Gasteiger partial charge in [0, 0.05) is 36.4 Å². The summed E-state index contributed by atoms with van der Waals surface area (Å²) in [7, 11) is 3.61. The van der Waals surface area contributed by atoms with E-state index in [0.717, 1.165) is 23.5 Å². The van der Waals surface area contributed by atoms with Gasteiger partial charge in [0.05, 0.1) is 12.8 Å². The molecule has 0 saturated carbocycles. The third-order valence-corrected chi connectivity index (χ3v) is 4.60. The summed E-state index contributed by atoms with van der Waals surface area (Å²) in [4.78, 5) is 11.3. The molecule has 0 bridgehead atoms. The number of methoxy groups -OCH3 is 1. The summed E-state index contributed by atoms with van der Waals surface area (Å²) in [5.41, 5.74) is 3.86. The van der Waals surface area contributed by atoms with Gasteiger partial charge in [-0.3, -0.25) is 0 Å². The lowest BCUT2D eigenvalue weighted by molar-refractivity contribution is 0.416. The Morgan fingerprint density at radius 1 is 1.07 bits per heavy atom. The molecule has 2 aromatic carbocycles. The standard InChI is InChI=1S/C21H23ClN4O/c1-14-10-18(19(27-4)12-17(14)22)24-20-11-15(2)23-21(25-20)26(3)13-16-8-6-5-7-9-16/h5-12H,13H2,1-4H3,(H,23,24,25). The second-order valence-corrected chi connectivity index (χ2v) is 6.87. The van der Waals surface area contributed by atoms with Crippen LogP contribution in [-0.4, -0.2) is 24.1 Å². The summed E-state index contributed by atoms with van der Waals surface area (Å²) in [5, 5.41) is 4.00. The number of aryl methyl sites for hydroxylation is 2. The Kier molecular flexibility index (Phi) is 5.81. The van der Waals surface area contributed by atoms with Crippen LogP contribution in [-0.2, 0) is 6.54 Å². The van der Waals surface area contributed by atoms with E-state index in [1.807, 2.05) is 56.1 Å². The fourth-order valence-corrected chi connectivity index (χ4v) is 2.94. The SMILES string of the molecule is COc1cc(Cl)c(C)cc1Nc1cc(C)nc(N(C)Cc2ccccc2)n1. The lowest BCUT2D eigenvalue weighted by Crippen LogP contribution is -2.19. The van der Waals surface area contributed by atoms with Gasteiger partial charge in [-0.25, -0.2) is 4.98 Å². The molecule has 0 aliphatic rings. The molecule has 1 heterocycles. The van der Waals surface area contributed by atoms with Crippen LogP contribution >= 0.6 is 11.6 Å². The van der Waals surface area contributed by atoms with Crippen molar-refractivity contribution in [1.82, 2.24) is 9.97 Å². The average molecular weight is 383 g/mol. The molecule has 5 nitrogen and oxygen atoms in total. The number of anilines is 3. The van der Waals surface area contributed by atoms with Crippen LogP contribution in [0.3, 0.4) is 0 Å². The monoisotopic (exact) mass is 382 g/mol. The third-order valence-electron chi connectivity index (χ3n) is 4.19. The van der Waals surface area contributed by atoms with Crippen molar-refractivity contribution < 1.29 is 4.74 Å².